The number of nitrogens with one attached hydrogen (secondary N) is 1. The van der Waals surface area contributed by atoms with Gasteiger partial charge in [-0.15, -0.1) is 0 Å². The van der Waals surface area contributed by atoms with Crippen LogP contribution in [-0.2, 0) is 0 Å². The predicted octanol–water partition coefficient (Wildman–Crippen LogP) is 3.05. The van der Waals surface area contributed by atoms with Gasteiger partial charge in [0.1, 0.15) is 17.4 Å². The van der Waals surface area contributed by atoms with Crippen molar-refractivity contribution in [1.82, 2.24) is 24.5 Å². The van der Waals surface area contributed by atoms with Gasteiger partial charge < -0.3 is 20.1 Å². The minimum Gasteiger partial charge on any atom is -0.488 e. The molecule has 3 aromatic heterocycles. The van der Waals surface area contributed by atoms with Gasteiger partial charge in [-0.1, -0.05) is 6.07 Å². The maximum absolute atomic E-state index is 13.0. The number of carbonyl (C=O) groups is 2. The van der Waals surface area contributed by atoms with Crippen molar-refractivity contribution < 1.29 is 19.4 Å². The number of carbonyl (C=O) groups excluding carboxylic acids is 1. The van der Waals surface area contributed by atoms with Crippen molar-refractivity contribution in [3.05, 3.63) is 60.7 Å². The van der Waals surface area contributed by atoms with Crippen LogP contribution in [0.2, 0.25) is 0 Å². The summed E-state index contributed by atoms with van der Waals surface area (Å²) in [5, 5.41) is 17.1. The van der Waals surface area contributed by atoms with Crippen LogP contribution in [0.25, 0.3) is 16.6 Å². The predicted molar refractivity (Wildman–Crippen MR) is 116 cm³/mol. The largest absolute Gasteiger partial charge is 0.488 e. The van der Waals surface area contributed by atoms with Gasteiger partial charge in [0.2, 0.25) is 0 Å². The minimum atomic E-state index is -0.923. The van der Waals surface area contributed by atoms with E-state index in [0.717, 1.165) is 10.9 Å². The fourth-order valence-corrected chi connectivity index (χ4v) is 3.82. The number of ether oxygens (including phenoxy) is 1. The highest BCUT2D eigenvalue weighted by atomic mass is 16.5. The van der Waals surface area contributed by atoms with E-state index in [1.807, 2.05) is 18.2 Å². The SMILES string of the molecule is O=C(Nc1cc2cccnc2cc1OC1CCN(C(=O)O)CC1)c1cnn2cccnc12. The van der Waals surface area contributed by atoms with Crippen molar-refractivity contribution in [3.63, 3.8) is 0 Å². The third-order valence-electron chi connectivity index (χ3n) is 5.48. The van der Waals surface area contributed by atoms with Crippen LogP contribution in [-0.4, -0.2) is 60.8 Å². The molecule has 4 heterocycles. The molecule has 162 valence electrons. The number of hydrogen-bond donors (Lipinski definition) is 2. The molecule has 5 rings (SSSR count). The van der Waals surface area contributed by atoms with Crippen molar-refractivity contribution in [2.45, 2.75) is 18.9 Å². The molecule has 4 aromatic rings. The summed E-state index contributed by atoms with van der Waals surface area (Å²) in [6, 6.07) is 9.08. The topological polar surface area (TPSA) is 122 Å². The number of rotatable bonds is 4. The second kappa shape index (κ2) is 8.14. The Kier molecular flexibility index (Phi) is 5.02. The Hall–Kier alpha value is -4.21. The van der Waals surface area contributed by atoms with E-state index in [4.69, 9.17) is 9.84 Å². The Morgan fingerprint density at radius 2 is 1.94 bits per heavy atom. The third-order valence-corrected chi connectivity index (χ3v) is 5.48. The van der Waals surface area contributed by atoms with Crippen molar-refractivity contribution in [2.24, 2.45) is 0 Å². The summed E-state index contributed by atoms with van der Waals surface area (Å²) in [6.45, 7) is 0.809. The number of carboxylic acid groups (broad SMARTS) is 1. The maximum atomic E-state index is 13.0. The molecular weight excluding hydrogens is 412 g/mol. The first-order chi connectivity index (χ1) is 15.6. The van der Waals surface area contributed by atoms with E-state index in [2.05, 4.69) is 20.4 Å². The Bertz CT molecular complexity index is 1310. The Balaban J connectivity index is 1.43. The van der Waals surface area contributed by atoms with E-state index in [0.29, 0.717) is 48.6 Å². The number of anilines is 1. The average molecular weight is 432 g/mol. The molecule has 0 unspecified atom stereocenters. The number of fused-ring (bicyclic) bond motifs is 2. The summed E-state index contributed by atoms with van der Waals surface area (Å²) in [4.78, 5) is 34.2. The standard InChI is InChI=1S/C22H20N6O4/c29-21(16-13-25-28-8-2-7-24-20(16)28)26-18-11-14-3-1-6-23-17(14)12-19(18)32-15-4-9-27(10-5-15)22(30)31/h1-3,6-8,11-13,15H,4-5,9-10H2,(H,26,29)(H,30,31). The quantitative estimate of drug-likeness (QED) is 0.508. The molecule has 0 spiro atoms. The number of amides is 2. The number of nitrogens with zero attached hydrogens (tertiary/aromatic N) is 5. The maximum Gasteiger partial charge on any atom is 0.407 e. The van der Waals surface area contributed by atoms with Crippen LogP contribution in [0, 0.1) is 0 Å². The Morgan fingerprint density at radius 1 is 1.12 bits per heavy atom. The van der Waals surface area contributed by atoms with Crippen LogP contribution in [0.1, 0.15) is 23.2 Å². The van der Waals surface area contributed by atoms with Crippen LogP contribution < -0.4 is 10.1 Å². The second-order valence-electron chi connectivity index (χ2n) is 7.53. The number of pyridine rings is 1. The molecule has 0 saturated carbocycles. The molecule has 0 radical (unpaired) electrons. The van der Waals surface area contributed by atoms with E-state index < -0.39 is 6.09 Å². The molecule has 1 aliphatic rings. The number of benzene rings is 1. The molecule has 1 aliphatic heterocycles. The van der Waals surface area contributed by atoms with Gasteiger partial charge >= 0.3 is 6.09 Å². The summed E-state index contributed by atoms with van der Waals surface area (Å²) >= 11 is 0. The Labute approximate surface area is 182 Å². The molecule has 1 saturated heterocycles. The normalized spacial score (nSPS) is 14.6. The fourth-order valence-electron chi connectivity index (χ4n) is 3.82. The first-order valence-electron chi connectivity index (χ1n) is 10.2. The minimum absolute atomic E-state index is 0.166. The van der Waals surface area contributed by atoms with Crippen molar-refractivity contribution in [3.8, 4) is 5.75 Å². The molecule has 1 fully saturated rings. The van der Waals surface area contributed by atoms with E-state index in [1.165, 1.54) is 15.6 Å². The van der Waals surface area contributed by atoms with Crippen LogP contribution in [0.5, 0.6) is 5.75 Å². The van der Waals surface area contributed by atoms with E-state index in [1.54, 1.807) is 30.7 Å². The van der Waals surface area contributed by atoms with Crippen molar-refractivity contribution >= 4 is 34.2 Å². The zero-order valence-electron chi connectivity index (χ0n) is 17.0. The summed E-state index contributed by atoms with van der Waals surface area (Å²) in [5.74, 6) is 0.134. The number of piperidine rings is 1. The zero-order valence-corrected chi connectivity index (χ0v) is 17.0. The highest BCUT2D eigenvalue weighted by Crippen LogP contribution is 2.32. The zero-order chi connectivity index (χ0) is 22.1. The summed E-state index contributed by atoms with van der Waals surface area (Å²) in [7, 11) is 0. The lowest BCUT2D eigenvalue weighted by molar-refractivity contribution is 0.0894. The highest BCUT2D eigenvalue weighted by molar-refractivity contribution is 6.09. The van der Waals surface area contributed by atoms with Crippen LogP contribution in [0.3, 0.4) is 0 Å². The fraction of sp³-hybridized carbons (Fsp3) is 0.227. The first kappa shape index (κ1) is 19.7. The van der Waals surface area contributed by atoms with Gasteiger partial charge in [-0.25, -0.2) is 14.3 Å². The average Bonchev–Trinajstić information content (AvgIpc) is 3.24. The molecule has 0 bridgehead atoms. The smallest absolute Gasteiger partial charge is 0.407 e. The molecule has 2 amide bonds. The molecule has 2 N–H and O–H groups in total. The molecular formula is C22H20N6O4. The van der Waals surface area contributed by atoms with Gasteiger partial charge in [-0.3, -0.25) is 9.78 Å². The number of likely N-dealkylation sites (tertiary alicyclic amines) is 1. The summed E-state index contributed by atoms with van der Waals surface area (Å²) in [5.41, 5.74) is 2.04. The molecule has 0 aliphatic carbocycles. The first-order valence-corrected chi connectivity index (χ1v) is 10.2. The summed E-state index contributed by atoms with van der Waals surface area (Å²) < 4.78 is 7.75. The Morgan fingerprint density at radius 3 is 2.75 bits per heavy atom. The third kappa shape index (κ3) is 3.78. The van der Waals surface area contributed by atoms with E-state index >= 15 is 0 Å². The second-order valence-corrected chi connectivity index (χ2v) is 7.53. The molecule has 32 heavy (non-hydrogen) atoms. The molecule has 10 nitrogen and oxygen atoms in total. The molecule has 0 atom stereocenters. The van der Waals surface area contributed by atoms with Gasteiger partial charge in [0, 0.05) is 56.0 Å². The lowest BCUT2D eigenvalue weighted by atomic mass is 10.1. The summed E-state index contributed by atoms with van der Waals surface area (Å²) in [6.07, 6.45) is 6.54. The lowest BCUT2D eigenvalue weighted by Crippen LogP contribution is -2.41. The van der Waals surface area contributed by atoms with Gasteiger partial charge in [-0.05, 0) is 18.2 Å². The van der Waals surface area contributed by atoms with Gasteiger partial charge in [0.05, 0.1) is 17.4 Å². The van der Waals surface area contributed by atoms with Crippen molar-refractivity contribution in [2.75, 3.05) is 18.4 Å². The van der Waals surface area contributed by atoms with Crippen molar-refractivity contribution in [1.29, 1.82) is 0 Å². The van der Waals surface area contributed by atoms with Gasteiger partial charge in [0.15, 0.2) is 5.65 Å². The van der Waals surface area contributed by atoms with Gasteiger partial charge in [0.25, 0.3) is 5.91 Å². The lowest BCUT2D eigenvalue weighted by Gasteiger charge is -2.30. The molecule has 1 aromatic carbocycles. The van der Waals surface area contributed by atoms with Gasteiger partial charge in [-0.2, -0.15) is 5.10 Å². The van der Waals surface area contributed by atoms with Crippen LogP contribution in [0.4, 0.5) is 10.5 Å². The van der Waals surface area contributed by atoms with E-state index in [9.17, 15) is 9.59 Å². The van der Waals surface area contributed by atoms with Crippen LogP contribution in [0.15, 0.2) is 55.1 Å². The van der Waals surface area contributed by atoms with Crippen LogP contribution >= 0.6 is 0 Å². The number of hydrogen-bond acceptors (Lipinski definition) is 6. The number of aromatic nitrogens is 4. The van der Waals surface area contributed by atoms with E-state index in [-0.39, 0.29) is 12.0 Å². The monoisotopic (exact) mass is 432 g/mol. The highest BCUT2D eigenvalue weighted by Gasteiger charge is 2.25. The molecule has 10 heteroatoms.